The zero-order valence-corrected chi connectivity index (χ0v) is 28.9. The highest BCUT2D eigenvalue weighted by molar-refractivity contribution is 6.61. The number of ether oxygens (including phenoxy) is 1. The van der Waals surface area contributed by atoms with Crippen LogP contribution >= 0.6 is 11.6 Å². The third-order valence-corrected chi connectivity index (χ3v) is 9.20. The van der Waals surface area contributed by atoms with Gasteiger partial charge in [0.25, 0.3) is 0 Å². The van der Waals surface area contributed by atoms with Crippen LogP contribution in [0.4, 0.5) is 119 Å². The molecular formula is C31H17ClF26O2. The van der Waals surface area contributed by atoms with Crippen LogP contribution in [0.15, 0.2) is 36.4 Å². The molecule has 1 aliphatic rings. The molecule has 2 nitrogen and oxygen atoms in total. The number of halogens is 27. The second-order valence-electron chi connectivity index (χ2n) is 12.9. The molecule has 1 aliphatic carbocycles. The van der Waals surface area contributed by atoms with Gasteiger partial charge in [0.05, 0.1) is 0 Å². The Morgan fingerprint density at radius 2 is 0.733 bits per heavy atom. The lowest BCUT2D eigenvalue weighted by Crippen LogP contribution is -2.70. The van der Waals surface area contributed by atoms with E-state index in [-0.39, 0.29) is 22.3 Å². The fourth-order valence-corrected chi connectivity index (χ4v) is 5.68. The van der Waals surface area contributed by atoms with Crippen LogP contribution < -0.4 is 0 Å². The molecule has 29 heteroatoms. The fraction of sp³-hybridized carbons (Fsp3) is 0.581. The van der Waals surface area contributed by atoms with E-state index in [0.717, 1.165) is 12.1 Å². The highest BCUT2D eigenvalue weighted by Crippen LogP contribution is 2.62. The minimum Gasteiger partial charge on any atom is -0.453 e. The van der Waals surface area contributed by atoms with Gasteiger partial charge in [0, 0.05) is 30.4 Å². The van der Waals surface area contributed by atoms with Gasteiger partial charge in [-0.15, -0.1) is 0 Å². The van der Waals surface area contributed by atoms with Crippen molar-refractivity contribution in [2.75, 3.05) is 6.61 Å². The first-order valence-electron chi connectivity index (χ1n) is 15.4. The molecule has 0 fully saturated rings. The van der Waals surface area contributed by atoms with E-state index >= 15 is 0 Å². The quantitative estimate of drug-likeness (QED) is 0.124. The first-order chi connectivity index (χ1) is 26.4. The Bertz CT molecular complexity index is 1790. The predicted octanol–water partition coefficient (Wildman–Crippen LogP) is 13.5. The van der Waals surface area contributed by atoms with Gasteiger partial charge >= 0.3 is 77.0 Å². The lowest BCUT2D eigenvalue weighted by Gasteiger charge is -2.39. The lowest BCUT2D eigenvalue weighted by atomic mass is 9.90. The summed E-state index contributed by atoms with van der Waals surface area (Å²) in [6.45, 7) is -0.985. The van der Waals surface area contributed by atoms with Crippen molar-refractivity contribution in [2.24, 2.45) is 0 Å². The first-order valence-corrected chi connectivity index (χ1v) is 15.8. The van der Waals surface area contributed by atoms with Crippen LogP contribution in [0.2, 0.25) is 0 Å². The van der Waals surface area contributed by atoms with Crippen molar-refractivity contribution < 1.29 is 124 Å². The maximum absolute atomic E-state index is 14.5. The summed E-state index contributed by atoms with van der Waals surface area (Å²) < 4.78 is 356. The van der Waals surface area contributed by atoms with Crippen LogP contribution in [0.3, 0.4) is 0 Å². The highest BCUT2D eigenvalue weighted by Gasteiger charge is 2.92. The second-order valence-corrected chi connectivity index (χ2v) is 13.3. The molecule has 3 rings (SSSR count). The third-order valence-electron chi connectivity index (χ3n) is 9.09. The first kappa shape index (κ1) is 50.7. The SMILES string of the molecule is O=C(Cl)OCC1c2cc(CCC(F)(F)C(F)(F)C(F)(F)C(F)(F)C(F)(F)C(F)(F)F)ccc2-c2ccc(CCC(F)(F)C(F)(F)C(F)(F)C(F)(F)C(F)(F)C(F)(F)F)cc21. The molecule has 2 aromatic carbocycles. The van der Waals surface area contributed by atoms with Crippen molar-refractivity contribution >= 4 is 17.0 Å². The van der Waals surface area contributed by atoms with Crippen molar-refractivity contribution in [3.63, 3.8) is 0 Å². The number of rotatable bonds is 16. The number of hydrogen-bond donors (Lipinski definition) is 0. The molecule has 0 bridgehead atoms. The molecule has 0 atom stereocenters. The summed E-state index contributed by atoms with van der Waals surface area (Å²) in [5, 5.41) is 0. The smallest absolute Gasteiger partial charge is 0.453 e. The summed E-state index contributed by atoms with van der Waals surface area (Å²) in [4.78, 5) is 11.3. The lowest BCUT2D eigenvalue weighted by molar-refractivity contribution is -0.440. The van der Waals surface area contributed by atoms with Crippen LogP contribution in [-0.4, -0.2) is 83.6 Å². The average Bonchev–Trinajstić information content (AvgIpc) is 3.39. The van der Waals surface area contributed by atoms with Gasteiger partial charge in [-0.2, -0.15) is 114 Å². The van der Waals surface area contributed by atoms with E-state index in [4.69, 9.17) is 11.6 Å². The molecule has 0 unspecified atom stereocenters. The zero-order chi connectivity index (χ0) is 47.1. The summed E-state index contributed by atoms with van der Waals surface area (Å²) >= 11 is 5.08. The standard InChI is InChI=1S/C31H17ClF26O2/c32-19(59)60-11-18-16-9-12(5-7-20(33,34)22(37,38)24(41,42)26(45,46)28(49,50)30(53,54)55)1-3-14(16)15-4-2-13(10-17(15)18)6-8-21(35,36)23(39,40)25(43,44)27(47,48)29(51,52)31(56,57)58/h1-4,9-10,18H,5-8,11H2. The van der Waals surface area contributed by atoms with Gasteiger partial charge in [0.2, 0.25) is 0 Å². The molecule has 60 heavy (non-hydrogen) atoms. The molecule has 2 aromatic rings. The van der Waals surface area contributed by atoms with Crippen molar-refractivity contribution in [3.8, 4) is 11.1 Å². The normalized spacial score (nSPS) is 15.9. The Hall–Kier alpha value is -3.62. The van der Waals surface area contributed by atoms with Gasteiger partial charge in [-0.25, -0.2) is 4.79 Å². The van der Waals surface area contributed by atoms with Gasteiger partial charge in [-0.1, -0.05) is 36.4 Å². The van der Waals surface area contributed by atoms with E-state index in [1.165, 1.54) is 0 Å². The molecule has 0 aliphatic heterocycles. The van der Waals surface area contributed by atoms with E-state index in [2.05, 4.69) is 4.74 Å². The summed E-state index contributed by atoms with van der Waals surface area (Å²) in [5.74, 6) is -78.2. The minimum atomic E-state index is -8.17. The number of fused-ring (bicyclic) bond motifs is 3. The molecule has 0 aromatic heterocycles. The fourth-order valence-electron chi connectivity index (χ4n) is 5.62. The third kappa shape index (κ3) is 7.75. The van der Waals surface area contributed by atoms with Gasteiger partial charge in [-0.3, -0.25) is 0 Å². The predicted molar refractivity (Wildman–Crippen MR) is 149 cm³/mol. The Morgan fingerprint density at radius 3 is 1.00 bits per heavy atom. The van der Waals surface area contributed by atoms with Crippen LogP contribution in [0.1, 0.15) is 41.0 Å². The average molecular weight is 951 g/mol. The van der Waals surface area contributed by atoms with E-state index in [0.29, 0.717) is 24.3 Å². The van der Waals surface area contributed by atoms with Crippen molar-refractivity contribution in [3.05, 3.63) is 58.7 Å². The molecule has 0 amide bonds. The van der Waals surface area contributed by atoms with Crippen LogP contribution in [-0.2, 0) is 17.6 Å². The van der Waals surface area contributed by atoms with Crippen molar-refractivity contribution in [1.29, 1.82) is 0 Å². The maximum Gasteiger partial charge on any atom is 0.460 e. The zero-order valence-electron chi connectivity index (χ0n) is 28.1. The Balaban J connectivity index is 1.95. The van der Waals surface area contributed by atoms with Crippen LogP contribution in [0.25, 0.3) is 11.1 Å². The van der Waals surface area contributed by atoms with Gasteiger partial charge in [0.1, 0.15) is 6.61 Å². The number of aryl methyl sites for hydroxylation is 2. The second kappa shape index (κ2) is 15.0. The summed E-state index contributed by atoms with van der Waals surface area (Å²) in [5.41, 5.74) is -3.78. The maximum atomic E-state index is 14.5. The molecular weight excluding hydrogens is 934 g/mol. The summed E-state index contributed by atoms with van der Waals surface area (Å²) in [7, 11) is 0. The number of hydrogen-bond acceptors (Lipinski definition) is 2. The van der Waals surface area contributed by atoms with E-state index in [9.17, 15) is 119 Å². The van der Waals surface area contributed by atoms with Crippen molar-refractivity contribution in [1.82, 2.24) is 0 Å². The molecule has 0 heterocycles. The monoisotopic (exact) mass is 950 g/mol. The molecule has 0 saturated heterocycles. The molecule has 0 N–H and O–H groups in total. The topological polar surface area (TPSA) is 26.3 Å². The van der Waals surface area contributed by atoms with E-state index in [1.54, 1.807) is 0 Å². The molecule has 0 radical (unpaired) electrons. The minimum absolute atomic E-state index is 0.113. The molecule has 342 valence electrons. The van der Waals surface area contributed by atoms with E-state index < -0.39 is 126 Å². The van der Waals surface area contributed by atoms with Gasteiger partial charge in [-0.05, 0) is 46.2 Å². The van der Waals surface area contributed by atoms with E-state index in [1.807, 2.05) is 0 Å². The Morgan fingerprint density at radius 1 is 0.450 bits per heavy atom. The van der Waals surface area contributed by atoms with Gasteiger partial charge in [0.15, 0.2) is 0 Å². The highest BCUT2D eigenvalue weighted by atomic mass is 35.5. The van der Waals surface area contributed by atoms with Crippen molar-refractivity contribution in [2.45, 2.75) is 103 Å². The number of carbonyl (C=O) groups excluding carboxylic acids is 1. The number of benzene rings is 2. The number of carbonyl (C=O) groups is 1. The van der Waals surface area contributed by atoms with Gasteiger partial charge < -0.3 is 4.74 Å². The molecule has 0 spiro atoms. The Kier molecular flexibility index (Phi) is 12.7. The van der Waals surface area contributed by atoms with Crippen LogP contribution in [0, 0.1) is 0 Å². The number of alkyl halides is 26. The summed E-state index contributed by atoms with van der Waals surface area (Å²) in [6, 6.07) is 4.59. The largest absolute Gasteiger partial charge is 0.460 e. The summed E-state index contributed by atoms with van der Waals surface area (Å²) in [6.07, 6.45) is -23.9. The Labute approximate surface area is 320 Å². The van der Waals surface area contributed by atoms with Crippen LogP contribution in [0.5, 0.6) is 0 Å². The molecule has 0 saturated carbocycles.